The van der Waals surface area contributed by atoms with Crippen molar-refractivity contribution in [1.82, 2.24) is 34.0 Å². The Hall–Kier alpha value is -4.59. The average Bonchev–Trinajstić information content (AvgIpc) is 3.70. The molecule has 11 nitrogen and oxygen atoms in total. The van der Waals surface area contributed by atoms with Crippen molar-refractivity contribution in [2.75, 3.05) is 31.1 Å². The largest absolute Gasteiger partial charge is 0.395 e. The van der Waals surface area contributed by atoms with Crippen LogP contribution < -0.4 is 10.6 Å². The second kappa shape index (κ2) is 10.9. The lowest BCUT2D eigenvalue weighted by Crippen LogP contribution is -2.48. The summed E-state index contributed by atoms with van der Waals surface area (Å²) in [5.41, 5.74) is 11.0. The van der Waals surface area contributed by atoms with Gasteiger partial charge in [-0.05, 0) is 61.0 Å². The summed E-state index contributed by atoms with van der Waals surface area (Å²) in [6, 6.07) is 14.1. The van der Waals surface area contributed by atoms with E-state index in [0.717, 1.165) is 35.6 Å². The molecule has 1 amide bonds. The molecular weight excluding hydrogens is 569 g/mol. The zero-order chi connectivity index (χ0) is 29.7. The molecule has 1 aromatic carbocycles. The third-order valence-corrected chi connectivity index (χ3v) is 9.26. The van der Waals surface area contributed by atoms with E-state index in [0.29, 0.717) is 34.3 Å². The number of nitrogens with two attached hydrogens (primary N) is 1. The average molecular weight is 598 g/mol. The number of hydrogen-bond donors (Lipinski definition) is 2. The number of nitrogens with zero attached hydrogens (tertiary/aromatic N) is 8. The molecule has 0 spiro atoms. The number of aromatic nitrogens is 6. The van der Waals surface area contributed by atoms with E-state index in [1.165, 1.54) is 23.9 Å². The van der Waals surface area contributed by atoms with E-state index in [9.17, 15) is 14.3 Å². The Labute approximate surface area is 250 Å². The SMILES string of the molecule is CC1=C(C(N)=O)SC(c2ccncc2)N1c1cn2nc(-c3c(-c4ccc(F)cc4)ncn3C3CN(CCO)C3)ccc2n1. The van der Waals surface area contributed by atoms with Crippen LogP contribution >= 0.6 is 11.8 Å². The van der Waals surface area contributed by atoms with E-state index < -0.39 is 5.91 Å². The van der Waals surface area contributed by atoms with Crippen LogP contribution in [0.2, 0.25) is 0 Å². The number of likely N-dealkylation sites (tertiary alicyclic amines) is 1. The van der Waals surface area contributed by atoms with Crippen LogP contribution in [0.4, 0.5) is 10.2 Å². The molecule has 0 aliphatic carbocycles. The first-order valence-corrected chi connectivity index (χ1v) is 14.7. The Morgan fingerprint density at radius 1 is 1.12 bits per heavy atom. The second-order valence-electron chi connectivity index (χ2n) is 10.5. The van der Waals surface area contributed by atoms with Gasteiger partial charge in [-0.2, -0.15) is 5.10 Å². The second-order valence-corrected chi connectivity index (χ2v) is 11.6. The molecular formula is C30H28FN9O2S. The van der Waals surface area contributed by atoms with Crippen molar-refractivity contribution in [1.29, 1.82) is 0 Å². The van der Waals surface area contributed by atoms with Gasteiger partial charge in [0, 0.05) is 43.3 Å². The molecule has 0 radical (unpaired) electrons. The highest BCUT2D eigenvalue weighted by molar-refractivity contribution is 8.04. The number of benzene rings is 1. The standard InChI is InChI=1S/C30H28FN9O2S/c1-18-28(29(32)42)43-30(20-8-10-33-11-9-20)40(18)25-16-39-24(35-25)7-6-23(36-39)27-26(19-2-4-21(31)5-3-19)34-17-38(27)22-14-37(15-22)12-13-41/h2-11,16-17,22,30,41H,12-15H2,1H3,(H2,32,42). The number of allylic oxidation sites excluding steroid dienone is 1. The summed E-state index contributed by atoms with van der Waals surface area (Å²) in [6.45, 7) is 4.15. The summed E-state index contributed by atoms with van der Waals surface area (Å²) in [6.07, 6.45) is 7.08. The Morgan fingerprint density at radius 2 is 1.88 bits per heavy atom. The number of thioether (sulfide) groups is 1. The Morgan fingerprint density at radius 3 is 2.60 bits per heavy atom. The third kappa shape index (κ3) is 4.84. The van der Waals surface area contributed by atoms with Crippen LogP contribution in [0, 0.1) is 5.82 Å². The van der Waals surface area contributed by atoms with Gasteiger partial charge in [0.2, 0.25) is 0 Å². The summed E-state index contributed by atoms with van der Waals surface area (Å²) < 4.78 is 17.6. The number of carbonyl (C=O) groups is 1. The van der Waals surface area contributed by atoms with Crippen molar-refractivity contribution in [3.8, 4) is 22.6 Å². The van der Waals surface area contributed by atoms with Gasteiger partial charge in [0.1, 0.15) is 16.9 Å². The van der Waals surface area contributed by atoms with Gasteiger partial charge in [-0.3, -0.25) is 14.7 Å². The summed E-state index contributed by atoms with van der Waals surface area (Å²) >= 11 is 1.39. The first-order chi connectivity index (χ1) is 20.9. The number of primary amides is 1. The number of imidazole rings is 2. The molecule has 5 aromatic rings. The molecule has 6 heterocycles. The third-order valence-electron chi connectivity index (χ3n) is 7.82. The number of pyridine rings is 1. The number of carbonyl (C=O) groups excluding carboxylic acids is 1. The molecule has 13 heteroatoms. The van der Waals surface area contributed by atoms with Gasteiger partial charge in [-0.25, -0.2) is 18.9 Å². The summed E-state index contributed by atoms with van der Waals surface area (Å²) in [5.74, 6) is -0.176. The van der Waals surface area contributed by atoms with Gasteiger partial charge in [-0.15, -0.1) is 0 Å². The van der Waals surface area contributed by atoms with E-state index in [1.54, 1.807) is 35.4 Å². The van der Waals surface area contributed by atoms with Gasteiger partial charge in [0.05, 0.1) is 41.5 Å². The number of amides is 1. The van der Waals surface area contributed by atoms with Crippen molar-refractivity contribution in [2.24, 2.45) is 5.73 Å². The molecule has 2 aliphatic heterocycles. The maximum Gasteiger partial charge on any atom is 0.256 e. The zero-order valence-electron chi connectivity index (χ0n) is 23.2. The first-order valence-electron chi connectivity index (χ1n) is 13.8. The molecule has 7 rings (SSSR count). The number of rotatable bonds is 8. The zero-order valence-corrected chi connectivity index (χ0v) is 24.0. The predicted octanol–water partition coefficient (Wildman–Crippen LogP) is 3.61. The van der Waals surface area contributed by atoms with Crippen molar-refractivity contribution in [2.45, 2.75) is 18.3 Å². The Balaban J connectivity index is 1.30. The Kier molecular flexibility index (Phi) is 6.92. The molecule has 1 fully saturated rings. The van der Waals surface area contributed by atoms with Crippen LogP contribution in [0.1, 0.15) is 23.9 Å². The van der Waals surface area contributed by atoms with Crippen molar-refractivity contribution in [3.63, 3.8) is 0 Å². The highest BCUT2D eigenvalue weighted by atomic mass is 32.2. The van der Waals surface area contributed by atoms with E-state index in [1.807, 2.05) is 42.3 Å². The molecule has 4 aromatic heterocycles. The lowest BCUT2D eigenvalue weighted by molar-refractivity contribution is -0.113. The molecule has 0 saturated carbocycles. The number of fused-ring (bicyclic) bond motifs is 1. The van der Waals surface area contributed by atoms with Gasteiger partial charge in [0.25, 0.3) is 5.91 Å². The quantitative estimate of drug-likeness (QED) is 0.275. The van der Waals surface area contributed by atoms with E-state index in [4.69, 9.17) is 20.8 Å². The minimum absolute atomic E-state index is 0.110. The molecule has 43 heavy (non-hydrogen) atoms. The minimum atomic E-state index is -0.483. The van der Waals surface area contributed by atoms with Crippen LogP contribution in [0.3, 0.4) is 0 Å². The maximum absolute atomic E-state index is 13.8. The normalized spacial score (nSPS) is 17.7. The van der Waals surface area contributed by atoms with Crippen molar-refractivity contribution < 1.29 is 14.3 Å². The van der Waals surface area contributed by atoms with Crippen LogP contribution in [0.15, 0.2) is 84.1 Å². The maximum atomic E-state index is 13.8. The van der Waals surface area contributed by atoms with Crippen LogP contribution in [-0.2, 0) is 4.79 Å². The topological polar surface area (TPSA) is 131 Å². The molecule has 1 atom stereocenters. The van der Waals surface area contributed by atoms with Crippen LogP contribution in [0.5, 0.6) is 0 Å². The summed E-state index contributed by atoms with van der Waals surface area (Å²) in [7, 11) is 0. The summed E-state index contributed by atoms with van der Waals surface area (Å²) in [4.78, 5) is 30.7. The fraction of sp³-hybridized carbons (Fsp3) is 0.233. The molecule has 1 saturated heterocycles. The van der Waals surface area contributed by atoms with Crippen molar-refractivity contribution >= 4 is 29.1 Å². The highest BCUT2D eigenvalue weighted by Crippen LogP contribution is 2.49. The van der Waals surface area contributed by atoms with Gasteiger partial charge in [0.15, 0.2) is 11.5 Å². The lowest BCUT2D eigenvalue weighted by Gasteiger charge is -2.40. The molecule has 3 N–H and O–H groups in total. The summed E-state index contributed by atoms with van der Waals surface area (Å²) in [5, 5.41) is 14.1. The van der Waals surface area contributed by atoms with Gasteiger partial charge >= 0.3 is 0 Å². The smallest absolute Gasteiger partial charge is 0.256 e. The van der Waals surface area contributed by atoms with Gasteiger partial charge in [-0.1, -0.05) is 11.8 Å². The van der Waals surface area contributed by atoms with E-state index in [-0.39, 0.29) is 23.8 Å². The van der Waals surface area contributed by atoms with E-state index >= 15 is 0 Å². The van der Waals surface area contributed by atoms with Crippen LogP contribution in [0.25, 0.3) is 28.3 Å². The van der Waals surface area contributed by atoms with Crippen LogP contribution in [-0.4, -0.2) is 71.3 Å². The lowest BCUT2D eigenvalue weighted by atomic mass is 10.1. The number of hydrogen-bond acceptors (Lipinski definition) is 9. The minimum Gasteiger partial charge on any atom is -0.395 e. The molecule has 0 bridgehead atoms. The van der Waals surface area contributed by atoms with E-state index in [2.05, 4.69) is 14.5 Å². The molecule has 2 aliphatic rings. The molecule has 218 valence electrons. The highest BCUT2D eigenvalue weighted by Gasteiger charge is 2.36. The number of aliphatic hydroxyl groups is 1. The van der Waals surface area contributed by atoms with Crippen molar-refractivity contribution in [3.05, 3.63) is 95.4 Å². The monoisotopic (exact) mass is 597 g/mol. The fourth-order valence-electron chi connectivity index (χ4n) is 5.67. The first kappa shape index (κ1) is 27.3. The number of anilines is 1. The van der Waals surface area contributed by atoms with Gasteiger partial charge < -0.3 is 20.3 Å². The number of halogens is 1. The fourth-order valence-corrected chi connectivity index (χ4v) is 6.95. The predicted molar refractivity (Wildman–Crippen MR) is 161 cm³/mol. The molecule has 1 unspecified atom stereocenters. The number of β-amino-alcohol motifs (C(OH)–C–C–N with tert-alkyl or cyclic N) is 1. The number of aliphatic hydroxyl groups excluding tert-OH is 1. The Bertz CT molecular complexity index is 1850.